The predicted molar refractivity (Wildman–Crippen MR) is 108 cm³/mol. The predicted octanol–water partition coefficient (Wildman–Crippen LogP) is 1.78. The monoisotopic (exact) mass is 375 g/mol. The van der Waals surface area contributed by atoms with Crippen molar-refractivity contribution in [3.63, 3.8) is 0 Å². The third-order valence-electron chi connectivity index (χ3n) is 4.66. The van der Waals surface area contributed by atoms with Gasteiger partial charge in [0, 0.05) is 58.0 Å². The Kier molecular flexibility index (Phi) is 5.56. The lowest BCUT2D eigenvalue weighted by Gasteiger charge is -2.36. The summed E-state index contributed by atoms with van der Waals surface area (Å²) in [6, 6.07) is 7.96. The van der Waals surface area contributed by atoms with Gasteiger partial charge in [-0.2, -0.15) is 0 Å². The van der Waals surface area contributed by atoms with E-state index in [1.165, 1.54) is 5.69 Å². The molecule has 1 saturated heterocycles. The van der Waals surface area contributed by atoms with Gasteiger partial charge in [-0.15, -0.1) is 0 Å². The van der Waals surface area contributed by atoms with E-state index in [-0.39, 0.29) is 0 Å². The molecule has 1 aromatic carbocycles. The number of nitrogens with zero attached hydrogens (tertiary/aromatic N) is 6. The topological polar surface area (TPSA) is 65.9 Å². The minimum absolute atomic E-state index is 0.528. The molecule has 0 spiro atoms. The zero-order chi connectivity index (χ0) is 18.7. The van der Waals surface area contributed by atoms with E-state index in [4.69, 9.17) is 17.3 Å². The first kappa shape index (κ1) is 18.4. The smallest absolute Gasteiger partial charge is 0.204 e. The van der Waals surface area contributed by atoms with E-state index in [0.29, 0.717) is 12.5 Å². The Morgan fingerprint density at radius 2 is 1.85 bits per heavy atom. The van der Waals surface area contributed by atoms with Crippen LogP contribution in [0.3, 0.4) is 0 Å². The summed E-state index contributed by atoms with van der Waals surface area (Å²) in [6.45, 7) is 4.06. The van der Waals surface area contributed by atoms with Crippen molar-refractivity contribution in [2.45, 2.75) is 6.54 Å². The molecule has 1 aliphatic heterocycles. The summed E-state index contributed by atoms with van der Waals surface area (Å²) in [7, 11) is 5.95. The Morgan fingerprint density at radius 1 is 1.19 bits per heavy atom. The van der Waals surface area contributed by atoms with Gasteiger partial charge >= 0.3 is 0 Å². The number of anilines is 2. The maximum atomic E-state index is 6.22. The summed E-state index contributed by atoms with van der Waals surface area (Å²) in [5, 5.41) is 0.761. The van der Waals surface area contributed by atoms with E-state index in [2.05, 4.69) is 31.9 Å². The number of imidazole rings is 1. The number of aliphatic imine (C=N–C) groups is 1. The van der Waals surface area contributed by atoms with Crippen molar-refractivity contribution in [3.8, 4) is 0 Å². The van der Waals surface area contributed by atoms with Crippen LogP contribution in [0.2, 0.25) is 5.02 Å². The lowest BCUT2D eigenvalue weighted by Crippen LogP contribution is -2.51. The fourth-order valence-electron chi connectivity index (χ4n) is 3.10. The quantitative estimate of drug-likeness (QED) is 0.651. The second-order valence-electron chi connectivity index (χ2n) is 6.63. The number of hydrogen-bond donors (Lipinski definition) is 1. The highest BCUT2D eigenvalue weighted by Gasteiger charge is 2.18. The molecule has 2 aromatic rings. The highest BCUT2D eigenvalue weighted by atomic mass is 35.5. The molecule has 140 valence electrons. The number of guanidine groups is 1. The van der Waals surface area contributed by atoms with Crippen molar-refractivity contribution >= 4 is 29.2 Å². The number of nitrogens with two attached hydrogens (primary N) is 1. The molecule has 0 radical (unpaired) electrons. The summed E-state index contributed by atoms with van der Waals surface area (Å²) in [6.07, 6.45) is 1.85. The van der Waals surface area contributed by atoms with Crippen molar-refractivity contribution in [3.05, 3.63) is 41.2 Å². The fourth-order valence-corrected chi connectivity index (χ4v) is 3.23. The summed E-state index contributed by atoms with van der Waals surface area (Å²) in [5.41, 5.74) is 8.45. The largest absolute Gasteiger partial charge is 0.370 e. The van der Waals surface area contributed by atoms with Gasteiger partial charge in [-0.05, 0) is 24.3 Å². The van der Waals surface area contributed by atoms with Gasteiger partial charge in [0.2, 0.25) is 5.95 Å². The first-order valence-corrected chi connectivity index (χ1v) is 9.07. The van der Waals surface area contributed by atoms with Gasteiger partial charge in [0.05, 0.1) is 18.4 Å². The van der Waals surface area contributed by atoms with Crippen LogP contribution in [-0.2, 0) is 13.6 Å². The molecule has 7 nitrogen and oxygen atoms in total. The lowest BCUT2D eigenvalue weighted by molar-refractivity contribution is 0.380. The van der Waals surface area contributed by atoms with Gasteiger partial charge in [0.15, 0.2) is 5.96 Å². The van der Waals surface area contributed by atoms with Crippen LogP contribution in [0, 0.1) is 0 Å². The SMILES string of the molecule is CN(C)c1ncc(CN=C(N)N2CCN(c3ccc(Cl)cc3)CC2)n1C. The highest BCUT2D eigenvalue weighted by molar-refractivity contribution is 6.30. The molecule has 1 aromatic heterocycles. The Labute approximate surface area is 159 Å². The van der Waals surface area contributed by atoms with Gasteiger partial charge < -0.3 is 25.0 Å². The van der Waals surface area contributed by atoms with Crippen LogP contribution >= 0.6 is 11.6 Å². The zero-order valence-electron chi connectivity index (χ0n) is 15.6. The fraction of sp³-hybridized carbons (Fsp3) is 0.444. The summed E-state index contributed by atoms with van der Waals surface area (Å²) in [4.78, 5) is 15.4. The van der Waals surface area contributed by atoms with Gasteiger partial charge in [-0.1, -0.05) is 11.6 Å². The van der Waals surface area contributed by atoms with Gasteiger partial charge in [0.25, 0.3) is 0 Å². The molecule has 1 aliphatic rings. The first-order chi connectivity index (χ1) is 12.5. The van der Waals surface area contributed by atoms with Crippen molar-refractivity contribution in [1.82, 2.24) is 14.5 Å². The molecule has 3 rings (SSSR count). The number of aromatic nitrogens is 2. The number of halogens is 1. The molecular weight excluding hydrogens is 350 g/mol. The van der Waals surface area contributed by atoms with E-state index in [0.717, 1.165) is 42.8 Å². The lowest BCUT2D eigenvalue weighted by atomic mass is 10.2. The van der Waals surface area contributed by atoms with E-state index in [1.807, 2.05) is 48.9 Å². The number of rotatable bonds is 4. The molecule has 1 fully saturated rings. The molecule has 26 heavy (non-hydrogen) atoms. The van der Waals surface area contributed by atoms with Crippen molar-refractivity contribution < 1.29 is 0 Å². The first-order valence-electron chi connectivity index (χ1n) is 8.69. The standard InChI is InChI=1S/C18H26ClN7/c1-23(2)18-22-13-16(24(18)3)12-21-17(20)26-10-8-25(9-11-26)15-6-4-14(19)5-7-15/h4-7,13H,8-12H2,1-3H3,(H2,20,21). The number of benzene rings is 1. The minimum Gasteiger partial charge on any atom is -0.370 e. The summed E-state index contributed by atoms with van der Waals surface area (Å²) >= 11 is 5.96. The molecule has 0 atom stereocenters. The highest BCUT2D eigenvalue weighted by Crippen LogP contribution is 2.19. The van der Waals surface area contributed by atoms with Crippen LogP contribution in [0.1, 0.15) is 5.69 Å². The van der Waals surface area contributed by atoms with Crippen molar-refractivity contribution in [1.29, 1.82) is 0 Å². The second kappa shape index (κ2) is 7.86. The average molecular weight is 376 g/mol. The van der Waals surface area contributed by atoms with Crippen LogP contribution in [0.25, 0.3) is 0 Å². The van der Waals surface area contributed by atoms with Crippen molar-refractivity contribution in [2.24, 2.45) is 17.8 Å². The minimum atomic E-state index is 0.528. The zero-order valence-corrected chi connectivity index (χ0v) is 16.3. The number of piperazine rings is 1. The van der Waals surface area contributed by atoms with Gasteiger partial charge in [-0.25, -0.2) is 9.98 Å². The van der Waals surface area contributed by atoms with Gasteiger partial charge in [0.1, 0.15) is 0 Å². The molecule has 2 heterocycles. The van der Waals surface area contributed by atoms with E-state index >= 15 is 0 Å². The van der Waals surface area contributed by atoms with E-state index in [9.17, 15) is 0 Å². The molecule has 8 heteroatoms. The summed E-state index contributed by atoms with van der Waals surface area (Å²) < 4.78 is 2.04. The van der Waals surface area contributed by atoms with Crippen LogP contribution in [-0.4, -0.2) is 60.7 Å². The Bertz CT molecular complexity index is 758. The molecule has 0 bridgehead atoms. The molecule has 0 amide bonds. The Balaban J connectivity index is 1.57. The molecule has 0 aliphatic carbocycles. The van der Waals surface area contributed by atoms with Crippen LogP contribution in [0.15, 0.2) is 35.5 Å². The maximum absolute atomic E-state index is 6.22. The Hall–Kier alpha value is -2.41. The second-order valence-corrected chi connectivity index (χ2v) is 7.06. The summed E-state index contributed by atoms with van der Waals surface area (Å²) in [5.74, 6) is 1.50. The van der Waals surface area contributed by atoms with E-state index < -0.39 is 0 Å². The molecule has 0 unspecified atom stereocenters. The number of hydrogen-bond acceptors (Lipinski definition) is 4. The van der Waals surface area contributed by atoms with Crippen LogP contribution in [0.4, 0.5) is 11.6 Å². The third kappa shape index (κ3) is 4.04. The molecular formula is C18H26ClN7. The maximum Gasteiger partial charge on any atom is 0.204 e. The molecule has 0 saturated carbocycles. The molecule has 2 N–H and O–H groups in total. The van der Waals surface area contributed by atoms with Gasteiger partial charge in [-0.3, -0.25) is 0 Å². The van der Waals surface area contributed by atoms with Crippen LogP contribution < -0.4 is 15.5 Å². The van der Waals surface area contributed by atoms with E-state index in [1.54, 1.807) is 0 Å². The van der Waals surface area contributed by atoms with Crippen molar-refractivity contribution in [2.75, 3.05) is 50.1 Å². The Morgan fingerprint density at radius 3 is 2.42 bits per heavy atom. The normalized spacial score (nSPS) is 15.5. The average Bonchev–Trinajstić information content (AvgIpc) is 3.01. The van der Waals surface area contributed by atoms with Crippen LogP contribution in [0.5, 0.6) is 0 Å². The third-order valence-corrected chi connectivity index (χ3v) is 4.91.